The Morgan fingerprint density at radius 3 is 2.46 bits per heavy atom. The number of aromatic nitrogens is 1. The number of benzene rings is 2. The number of rotatable bonds is 5. The summed E-state index contributed by atoms with van der Waals surface area (Å²) in [5, 5.41) is 12.0. The highest BCUT2D eigenvalue weighted by Gasteiger charge is 2.16. The summed E-state index contributed by atoms with van der Waals surface area (Å²) in [6, 6.07) is 8.97. The minimum atomic E-state index is -0.0558. The Hall–Kier alpha value is -2.45. The monoisotopic (exact) mass is 388 g/mol. The lowest BCUT2D eigenvalue weighted by Crippen LogP contribution is -1.91. The maximum Gasteiger partial charge on any atom is 0.201 e. The summed E-state index contributed by atoms with van der Waals surface area (Å²) >= 11 is 3.35. The molecule has 3 aromatic rings. The number of ether oxygens (including phenoxy) is 3. The third kappa shape index (κ3) is 3.17. The standard InChI is InChI=1S/C18H16N2O4S2/c1-22-13-7-11(8-14(23-2)16(13)21)24-10-3-4-12-15(9-10)26-18(20-12)17-19-5-6-25-17/h3-4,7-9,21H,5-6H2,1-2H3. The number of thiazole rings is 1. The average molecular weight is 388 g/mol. The fourth-order valence-corrected chi connectivity index (χ4v) is 4.52. The van der Waals surface area contributed by atoms with Gasteiger partial charge in [-0.1, -0.05) is 0 Å². The smallest absolute Gasteiger partial charge is 0.201 e. The van der Waals surface area contributed by atoms with Crippen molar-refractivity contribution in [2.75, 3.05) is 26.5 Å². The highest BCUT2D eigenvalue weighted by atomic mass is 32.2. The number of hydrogen-bond acceptors (Lipinski definition) is 8. The van der Waals surface area contributed by atoms with E-state index in [4.69, 9.17) is 14.2 Å². The second kappa shape index (κ2) is 7.05. The molecule has 6 nitrogen and oxygen atoms in total. The Morgan fingerprint density at radius 1 is 1.04 bits per heavy atom. The first-order chi connectivity index (χ1) is 12.7. The molecule has 0 saturated carbocycles. The van der Waals surface area contributed by atoms with E-state index in [0.717, 1.165) is 32.6 Å². The van der Waals surface area contributed by atoms with E-state index in [1.165, 1.54) is 14.2 Å². The van der Waals surface area contributed by atoms with Crippen LogP contribution in [0, 0.1) is 0 Å². The minimum absolute atomic E-state index is 0.0558. The number of phenolic OH excluding ortho intramolecular Hbond substituents is 1. The topological polar surface area (TPSA) is 73.2 Å². The van der Waals surface area contributed by atoms with Crippen LogP contribution in [0.4, 0.5) is 0 Å². The Kier molecular flexibility index (Phi) is 4.60. The van der Waals surface area contributed by atoms with E-state index in [1.807, 2.05) is 18.2 Å². The molecule has 1 aromatic heterocycles. The lowest BCUT2D eigenvalue weighted by molar-refractivity contribution is 0.335. The summed E-state index contributed by atoms with van der Waals surface area (Å²) in [5.74, 6) is 2.72. The Morgan fingerprint density at radius 2 is 1.81 bits per heavy atom. The highest BCUT2D eigenvalue weighted by Crippen LogP contribution is 2.41. The molecule has 0 radical (unpaired) electrons. The van der Waals surface area contributed by atoms with E-state index >= 15 is 0 Å². The second-order valence-electron chi connectivity index (χ2n) is 5.46. The van der Waals surface area contributed by atoms with Crippen molar-refractivity contribution in [1.82, 2.24) is 4.98 Å². The zero-order valence-electron chi connectivity index (χ0n) is 14.2. The van der Waals surface area contributed by atoms with Crippen molar-refractivity contribution in [2.24, 2.45) is 4.99 Å². The summed E-state index contributed by atoms with van der Waals surface area (Å²) in [7, 11) is 2.96. The number of hydrogen-bond donors (Lipinski definition) is 1. The number of thioether (sulfide) groups is 1. The van der Waals surface area contributed by atoms with E-state index in [9.17, 15) is 5.11 Å². The van der Waals surface area contributed by atoms with Crippen LogP contribution in [0.3, 0.4) is 0 Å². The van der Waals surface area contributed by atoms with Gasteiger partial charge in [-0.25, -0.2) is 4.98 Å². The number of fused-ring (bicyclic) bond motifs is 1. The number of nitrogens with zero attached hydrogens (tertiary/aromatic N) is 2. The van der Waals surface area contributed by atoms with Crippen molar-refractivity contribution >= 4 is 38.4 Å². The summed E-state index contributed by atoms with van der Waals surface area (Å²) in [4.78, 5) is 9.13. The lowest BCUT2D eigenvalue weighted by Gasteiger charge is -2.12. The number of aliphatic imine (C=N–C) groups is 1. The molecule has 0 unspecified atom stereocenters. The van der Waals surface area contributed by atoms with Crippen LogP contribution in [0.2, 0.25) is 0 Å². The Bertz CT molecular complexity index is 975. The molecule has 1 aliphatic heterocycles. The molecule has 1 N–H and O–H groups in total. The zero-order valence-corrected chi connectivity index (χ0v) is 15.8. The molecule has 0 aliphatic carbocycles. The van der Waals surface area contributed by atoms with Gasteiger partial charge in [-0.2, -0.15) is 0 Å². The second-order valence-corrected chi connectivity index (χ2v) is 7.58. The molecule has 0 amide bonds. The van der Waals surface area contributed by atoms with E-state index in [-0.39, 0.29) is 17.2 Å². The average Bonchev–Trinajstić information content (AvgIpc) is 3.31. The molecule has 26 heavy (non-hydrogen) atoms. The first kappa shape index (κ1) is 17.0. The van der Waals surface area contributed by atoms with Crippen LogP contribution in [0.1, 0.15) is 5.01 Å². The van der Waals surface area contributed by atoms with E-state index in [0.29, 0.717) is 11.5 Å². The van der Waals surface area contributed by atoms with E-state index < -0.39 is 0 Å². The number of aromatic hydroxyl groups is 1. The third-order valence-electron chi connectivity index (χ3n) is 3.82. The molecule has 0 atom stereocenters. The molecular weight excluding hydrogens is 372 g/mol. The molecule has 4 rings (SSSR count). The van der Waals surface area contributed by atoms with Gasteiger partial charge in [0.1, 0.15) is 21.6 Å². The van der Waals surface area contributed by atoms with Crippen LogP contribution in [-0.4, -0.2) is 41.7 Å². The summed E-state index contributed by atoms with van der Waals surface area (Å²) in [5.41, 5.74) is 0.924. The van der Waals surface area contributed by atoms with Crippen molar-refractivity contribution < 1.29 is 19.3 Å². The summed E-state index contributed by atoms with van der Waals surface area (Å²) < 4.78 is 17.3. The van der Waals surface area contributed by atoms with Gasteiger partial charge in [-0.05, 0) is 12.1 Å². The van der Waals surface area contributed by atoms with Gasteiger partial charge >= 0.3 is 0 Å². The van der Waals surface area contributed by atoms with Crippen molar-refractivity contribution in [3.63, 3.8) is 0 Å². The summed E-state index contributed by atoms with van der Waals surface area (Å²) in [6.45, 7) is 0.856. The Labute approximate surface area is 158 Å². The van der Waals surface area contributed by atoms with Crippen LogP contribution >= 0.6 is 23.1 Å². The van der Waals surface area contributed by atoms with Crippen LogP contribution in [-0.2, 0) is 0 Å². The van der Waals surface area contributed by atoms with Crippen molar-refractivity contribution in [3.8, 4) is 28.7 Å². The zero-order chi connectivity index (χ0) is 18.1. The van der Waals surface area contributed by atoms with Gasteiger partial charge in [0.15, 0.2) is 11.5 Å². The fraction of sp³-hybridized carbons (Fsp3) is 0.222. The molecule has 134 valence electrons. The predicted octanol–water partition coefficient (Wildman–Crippen LogP) is 4.30. The van der Waals surface area contributed by atoms with Gasteiger partial charge in [-0.3, -0.25) is 4.99 Å². The predicted molar refractivity (Wildman–Crippen MR) is 105 cm³/mol. The van der Waals surface area contributed by atoms with Gasteiger partial charge in [0.05, 0.1) is 24.4 Å². The van der Waals surface area contributed by atoms with Crippen LogP contribution < -0.4 is 14.2 Å². The maximum atomic E-state index is 10.0. The molecule has 0 fully saturated rings. The molecular formula is C18H16N2O4S2. The molecule has 1 aliphatic rings. The van der Waals surface area contributed by atoms with Gasteiger partial charge in [0.2, 0.25) is 5.75 Å². The molecule has 2 heterocycles. The lowest BCUT2D eigenvalue weighted by atomic mass is 10.2. The number of methoxy groups -OCH3 is 2. The van der Waals surface area contributed by atoms with Crippen molar-refractivity contribution in [2.45, 2.75) is 0 Å². The fourth-order valence-electron chi connectivity index (χ4n) is 2.59. The van der Waals surface area contributed by atoms with Crippen LogP contribution in [0.25, 0.3) is 10.2 Å². The van der Waals surface area contributed by atoms with Crippen molar-refractivity contribution in [3.05, 3.63) is 35.3 Å². The van der Waals surface area contributed by atoms with Gasteiger partial charge in [0, 0.05) is 30.5 Å². The van der Waals surface area contributed by atoms with Crippen LogP contribution in [0.15, 0.2) is 35.3 Å². The van der Waals surface area contributed by atoms with Crippen molar-refractivity contribution in [1.29, 1.82) is 0 Å². The highest BCUT2D eigenvalue weighted by molar-refractivity contribution is 8.15. The largest absolute Gasteiger partial charge is 0.502 e. The summed E-state index contributed by atoms with van der Waals surface area (Å²) in [6.07, 6.45) is 0. The molecule has 0 bridgehead atoms. The molecule has 8 heteroatoms. The first-order valence-electron chi connectivity index (χ1n) is 7.89. The van der Waals surface area contributed by atoms with Gasteiger partial charge in [0.25, 0.3) is 0 Å². The quantitative estimate of drug-likeness (QED) is 0.702. The maximum absolute atomic E-state index is 10.0. The van der Waals surface area contributed by atoms with Gasteiger partial charge in [-0.15, -0.1) is 23.1 Å². The number of phenols is 1. The molecule has 0 saturated heterocycles. The Balaban J connectivity index is 1.65. The molecule has 0 spiro atoms. The SMILES string of the molecule is COc1cc(Oc2ccc3nc(C4=NCCS4)sc3c2)cc(OC)c1O. The van der Waals surface area contributed by atoms with Crippen LogP contribution in [0.5, 0.6) is 28.7 Å². The van der Waals surface area contributed by atoms with E-state index in [1.54, 1.807) is 35.2 Å². The molecule has 2 aromatic carbocycles. The normalized spacial score (nSPS) is 13.7. The third-order valence-corrected chi connectivity index (χ3v) is 5.95. The van der Waals surface area contributed by atoms with E-state index in [2.05, 4.69) is 9.98 Å². The minimum Gasteiger partial charge on any atom is -0.502 e. The van der Waals surface area contributed by atoms with Gasteiger partial charge < -0.3 is 19.3 Å². The first-order valence-corrected chi connectivity index (χ1v) is 9.69.